The number of ether oxygens (including phenoxy) is 1. The lowest BCUT2D eigenvalue weighted by atomic mass is 9.87. The number of anilines is 1. The fraction of sp³-hybridized carbons (Fsp3) is 0.471. The molecular weight excluding hydrogens is 320 g/mol. The van der Waals surface area contributed by atoms with E-state index < -0.39 is 0 Å². The first-order valence-corrected chi connectivity index (χ1v) is 8.47. The Morgan fingerprint density at radius 2 is 1.96 bits per heavy atom. The van der Waals surface area contributed by atoms with Gasteiger partial charge in [-0.2, -0.15) is 0 Å². The monoisotopic (exact) mass is 340 g/mol. The highest BCUT2D eigenvalue weighted by Gasteiger charge is 2.43. The molecule has 2 saturated heterocycles. The average molecular weight is 340 g/mol. The van der Waals surface area contributed by atoms with Crippen LogP contribution in [0.3, 0.4) is 0 Å². The van der Waals surface area contributed by atoms with Gasteiger partial charge in [0.1, 0.15) is 5.69 Å². The summed E-state index contributed by atoms with van der Waals surface area (Å²) in [5.41, 5.74) is 0.234. The van der Waals surface area contributed by atoms with Crippen molar-refractivity contribution in [1.82, 2.24) is 24.8 Å². The Hall–Kier alpha value is -2.61. The minimum atomic E-state index is -0.161. The Bertz CT molecular complexity index is 718. The van der Waals surface area contributed by atoms with Crippen LogP contribution in [0.25, 0.3) is 0 Å². The molecule has 2 fully saturated rings. The second-order valence-corrected chi connectivity index (χ2v) is 6.49. The van der Waals surface area contributed by atoms with E-state index >= 15 is 0 Å². The molecule has 0 radical (unpaired) electrons. The SMILES string of the molecule is O=C(c1cnccn1)N1CCC2(CC1)C[C@H](Nc1ncccn1)CO2. The molecule has 8 nitrogen and oxygen atoms in total. The van der Waals surface area contributed by atoms with Crippen LogP contribution in [0.1, 0.15) is 29.8 Å². The lowest BCUT2D eigenvalue weighted by Crippen LogP contribution is -2.47. The maximum absolute atomic E-state index is 12.5. The molecule has 0 bridgehead atoms. The summed E-state index contributed by atoms with van der Waals surface area (Å²) in [5.74, 6) is 0.566. The van der Waals surface area contributed by atoms with Gasteiger partial charge in [-0.1, -0.05) is 0 Å². The molecule has 130 valence electrons. The summed E-state index contributed by atoms with van der Waals surface area (Å²) < 4.78 is 6.12. The summed E-state index contributed by atoms with van der Waals surface area (Å²) in [5, 5.41) is 3.33. The van der Waals surface area contributed by atoms with Gasteiger partial charge in [-0.3, -0.25) is 9.78 Å². The Morgan fingerprint density at radius 1 is 1.16 bits per heavy atom. The van der Waals surface area contributed by atoms with Crippen molar-refractivity contribution in [2.75, 3.05) is 25.0 Å². The molecule has 2 aliphatic heterocycles. The predicted molar refractivity (Wildman–Crippen MR) is 89.9 cm³/mol. The third-order valence-corrected chi connectivity index (χ3v) is 4.85. The van der Waals surface area contributed by atoms with Gasteiger partial charge in [0.05, 0.1) is 24.4 Å². The number of likely N-dealkylation sites (tertiary alicyclic amines) is 1. The number of hydrogen-bond acceptors (Lipinski definition) is 7. The maximum atomic E-state index is 12.5. The number of hydrogen-bond donors (Lipinski definition) is 1. The van der Waals surface area contributed by atoms with Gasteiger partial charge < -0.3 is 15.0 Å². The normalized spacial score (nSPS) is 22.1. The van der Waals surface area contributed by atoms with Crippen LogP contribution < -0.4 is 5.32 Å². The van der Waals surface area contributed by atoms with E-state index in [2.05, 4.69) is 25.3 Å². The molecule has 0 saturated carbocycles. The summed E-state index contributed by atoms with van der Waals surface area (Å²) in [7, 11) is 0. The first-order chi connectivity index (χ1) is 12.2. The standard InChI is InChI=1S/C17H20N6O2/c24-15(14-11-18-6-7-19-14)23-8-2-17(3-9-23)10-13(12-25-17)22-16-20-4-1-5-21-16/h1,4-7,11,13H,2-3,8-10,12H2,(H,20,21,22)/t13-/m0/s1. The van der Waals surface area contributed by atoms with E-state index in [-0.39, 0.29) is 17.6 Å². The summed E-state index contributed by atoms with van der Waals surface area (Å²) in [6.07, 6.45) is 10.6. The molecule has 1 spiro atoms. The molecule has 0 unspecified atom stereocenters. The van der Waals surface area contributed by atoms with Crippen LogP contribution >= 0.6 is 0 Å². The van der Waals surface area contributed by atoms with Crippen LogP contribution in [-0.4, -0.2) is 62.1 Å². The molecule has 8 heteroatoms. The van der Waals surface area contributed by atoms with Crippen LogP contribution in [0.15, 0.2) is 37.1 Å². The highest BCUT2D eigenvalue weighted by atomic mass is 16.5. The fourth-order valence-corrected chi connectivity index (χ4v) is 3.53. The number of piperidine rings is 1. The Kier molecular flexibility index (Phi) is 4.27. The number of nitrogens with zero attached hydrogens (tertiary/aromatic N) is 5. The number of aromatic nitrogens is 4. The Labute approximate surface area is 145 Å². The van der Waals surface area contributed by atoms with E-state index in [0.29, 0.717) is 31.3 Å². The van der Waals surface area contributed by atoms with Gasteiger partial charge in [-0.05, 0) is 25.3 Å². The van der Waals surface area contributed by atoms with E-state index in [4.69, 9.17) is 4.74 Å². The van der Waals surface area contributed by atoms with Gasteiger partial charge in [0, 0.05) is 37.9 Å². The summed E-state index contributed by atoms with van der Waals surface area (Å²) >= 11 is 0. The molecule has 1 amide bonds. The minimum absolute atomic E-state index is 0.0618. The Morgan fingerprint density at radius 3 is 2.68 bits per heavy atom. The van der Waals surface area contributed by atoms with Crippen molar-refractivity contribution in [3.05, 3.63) is 42.7 Å². The zero-order valence-corrected chi connectivity index (χ0v) is 13.8. The second-order valence-electron chi connectivity index (χ2n) is 6.49. The highest BCUT2D eigenvalue weighted by Crippen LogP contribution is 2.36. The molecular formula is C17H20N6O2. The number of carbonyl (C=O) groups excluding carboxylic acids is 1. The molecule has 0 aliphatic carbocycles. The first-order valence-electron chi connectivity index (χ1n) is 8.47. The van der Waals surface area contributed by atoms with Crippen LogP contribution in [-0.2, 0) is 4.74 Å². The maximum Gasteiger partial charge on any atom is 0.274 e. The molecule has 2 aliphatic rings. The van der Waals surface area contributed by atoms with Crippen molar-refractivity contribution in [1.29, 1.82) is 0 Å². The van der Waals surface area contributed by atoms with Gasteiger partial charge in [0.15, 0.2) is 0 Å². The van der Waals surface area contributed by atoms with Crippen molar-refractivity contribution in [2.24, 2.45) is 0 Å². The fourth-order valence-electron chi connectivity index (χ4n) is 3.53. The number of nitrogens with one attached hydrogen (secondary N) is 1. The van der Waals surface area contributed by atoms with Crippen LogP contribution in [0, 0.1) is 0 Å². The van der Waals surface area contributed by atoms with E-state index in [0.717, 1.165) is 19.3 Å². The zero-order chi connectivity index (χ0) is 17.1. The van der Waals surface area contributed by atoms with E-state index in [1.54, 1.807) is 30.9 Å². The van der Waals surface area contributed by atoms with E-state index in [1.807, 2.05) is 4.90 Å². The van der Waals surface area contributed by atoms with Crippen LogP contribution in [0.5, 0.6) is 0 Å². The summed E-state index contributed by atoms with van der Waals surface area (Å²) in [6, 6.07) is 1.99. The molecule has 2 aromatic heterocycles. The minimum Gasteiger partial charge on any atom is -0.373 e. The van der Waals surface area contributed by atoms with Gasteiger partial charge in [0.2, 0.25) is 5.95 Å². The summed E-state index contributed by atoms with van der Waals surface area (Å²) in [4.78, 5) is 30.8. The molecule has 4 rings (SSSR count). The van der Waals surface area contributed by atoms with E-state index in [1.165, 1.54) is 6.20 Å². The van der Waals surface area contributed by atoms with Gasteiger partial charge in [-0.25, -0.2) is 15.0 Å². The van der Waals surface area contributed by atoms with E-state index in [9.17, 15) is 4.79 Å². The van der Waals surface area contributed by atoms with Gasteiger partial charge >= 0.3 is 0 Å². The molecule has 2 aromatic rings. The molecule has 25 heavy (non-hydrogen) atoms. The first kappa shape index (κ1) is 15.9. The molecule has 4 heterocycles. The lowest BCUT2D eigenvalue weighted by Gasteiger charge is -2.38. The third kappa shape index (κ3) is 3.43. The zero-order valence-electron chi connectivity index (χ0n) is 13.8. The van der Waals surface area contributed by atoms with Crippen molar-refractivity contribution in [2.45, 2.75) is 30.9 Å². The van der Waals surface area contributed by atoms with Crippen LogP contribution in [0.4, 0.5) is 5.95 Å². The van der Waals surface area contributed by atoms with Crippen molar-refractivity contribution in [3.63, 3.8) is 0 Å². The largest absolute Gasteiger partial charge is 0.373 e. The van der Waals surface area contributed by atoms with Crippen molar-refractivity contribution >= 4 is 11.9 Å². The average Bonchev–Trinajstić information content (AvgIpc) is 3.05. The summed E-state index contributed by atoms with van der Waals surface area (Å²) in [6.45, 7) is 1.98. The van der Waals surface area contributed by atoms with Crippen molar-refractivity contribution in [3.8, 4) is 0 Å². The van der Waals surface area contributed by atoms with Crippen molar-refractivity contribution < 1.29 is 9.53 Å². The number of carbonyl (C=O) groups is 1. The second kappa shape index (κ2) is 6.72. The quantitative estimate of drug-likeness (QED) is 0.895. The lowest BCUT2D eigenvalue weighted by molar-refractivity contribution is -0.0389. The van der Waals surface area contributed by atoms with Crippen LogP contribution in [0.2, 0.25) is 0 Å². The van der Waals surface area contributed by atoms with Gasteiger partial charge in [0.25, 0.3) is 5.91 Å². The topological polar surface area (TPSA) is 93.1 Å². The smallest absolute Gasteiger partial charge is 0.274 e. The molecule has 1 atom stereocenters. The predicted octanol–water partition coefficient (Wildman–Crippen LogP) is 1.14. The molecule has 0 aromatic carbocycles. The number of rotatable bonds is 3. The highest BCUT2D eigenvalue weighted by molar-refractivity contribution is 5.92. The Balaban J connectivity index is 1.33. The third-order valence-electron chi connectivity index (χ3n) is 4.85. The van der Waals surface area contributed by atoms with Gasteiger partial charge in [-0.15, -0.1) is 0 Å². The molecule has 1 N–H and O–H groups in total. The number of amides is 1.